The third-order valence-corrected chi connectivity index (χ3v) is 7.40. The van der Waals surface area contributed by atoms with Gasteiger partial charge in [-0.3, -0.25) is 0 Å². The third-order valence-electron chi connectivity index (χ3n) is 6.58. The van der Waals surface area contributed by atoms with Gasteiger partial charge in [-0.25, -0.2) is 0 Å². The van der Waals surface area contributed by atoms with Gasteiger partial charge in [0.25, 0.3) is 0 Å². The zero-order chi connectivity index (χ0) is 21.7. The molecule has 0 saturated carbocycles. The second kappa shape index (κ2) is 8.06. The number of halogens is 2. The molecule has 0 aliphatic carbocycles. The van der Waals surface area contributed by atoms with E-state index in [1.807, 2.05) is 0 Å². The molecule has 0 spiro atoms. The van der Waals surface area contributed by atoms with E-state index in [0.29, 0.717) is 0 Å². The molecule has 4 aromatic rings. The molecule has 158 valence electrons. The maximum Gasteiger partial charge on any atom is 0.0563 e. The second-order valence-corrected chi connectivity index (χ2v) is 9.26. The van der Waals surface area contributed by atoms with E-state index in [-0.39, 0.29) is 0 Å². The Morgan fingerprint density at radius 1 is 0.469 bits per heavy atom. The number of rotatable bonds is 3. The molecular weight excluding hydrogens is 435 g/mol. The van der Waals surface area contributed by atoms with Crippen molar-refractivity contribution in [3.05, 3.63) is 105 Å². The summed E-state index contributed by atoms with van der Waals surface area (Å²) < 4.78 is 0. The summed E-state index contributed by atoms with van der Waals surface area (Å²) in [6, 6.07) is 25.6. The van der Waals surface area contributed by atoms with Crippen molar-refractivity contribution in [1.82, 2.24) is 10.6 Å². The number of hydrogen-bond donors (Lipinski definition) is 2. The van der Waals surface area contributed by atoms with Gasteiger partial charge in [0.05, 0.1) is 10.0 Å². The van der Waals surface area contributed by atoms with Gasteiger partial charge in [-0.15, -0.1) is 0 Å². The Balaban J connectivity index is 1.44. The molecule has 0 saturated heterocycles. The molecule has 2 aliphatic rings. The molecule has 0 unspecified atom stereocenters. The van der Waals surface area contributed by atoms with Crippen LogP contribution in [0.15, 0.2) is 72.8 Å². The standard InChI is InChI=1S/C28H22Cl2N2/c29-27-23(17-7-9-19-13-31-15-21(19)11-17)3-1-5-25(27)26-6-2-4-24(28(26)30)18-8-10-20-14-32-16-22(20)12-18/h1-12,31-32H,13-16H2. The van der Waals surface area contributed by atoms with Crippen molar-refractivity contribution in [2.24, 2.45) is 0 Å². The fraction of sp³-hybridized carbons (Fsp3) is 0.143. The molecule has 6 rings (SSSR count). The van der Waals surface area contributed by atoms with E-state index in [4.69, 9.17) is 23.2 Å². The Kier molecular flexibility index (Phi) is 5.04. The molecule has 0 fully saturated rings. The summed E-state index contributed by atoms with van der Waals surface area (Å²) in [7, 11) is 0. The molecule has 0 radical (unpaired) electrons. The molecule has 0 bridgehead atoms. The van der Waals surface area contributed by atoms with Crippen molar-refractivity contribution in [1.29, 1.82) is 0 Å². The highest BCUT2D eigenvalue weighted by Gasteiger charge is 2.18. The summed E-state index contributed by atoms with van der Waals surface area (Å²) in [5.41, 5.74) is 11.7. The van der Waals surface area contributed by atoms with E-state index in [1.54, 1.807) is 0 Å². The van der Waals surface area contributed by atoms with Gasteiger partial charge in [-0.1, -0.05) is 83.9 Å². The van der Waals surface area contributed by atoms with Gasteiger partial charge in [-0.2, -0.15) is 0 Å². The summed E-state index contributed by atoms with van der Waals surface area (Å²) in [4.78, 5) is 0. The minimum absolute atomic E-state index is 0.732. The van der Waals surface area contributed by atoms with Crippen LogP contribution in [0.25, 0.3) is 33.4 Å². The number of hydrogen-bond acceptors (Lipinski definition) is 2. The van der Waals surface area contributed by atoms with Gasteiger partial charge in [0.1, 0.15) is 0 Å². The van der Waals surface area contributed by atoms with Gasteiger partial charge < -0.3 is 10.6 Å². The minimum atomic E-state index is 0.732. The van der Waals surface area contributed by atoms with Crippen LogP contribution >= 0.6 is 23.2 Å². The van der Waals surface area contributed by atoms with Crippen molar-refractivity contribution in [2.75, 3.05) is 0 Å². The normalized spacial score (nSPS) is 14.4. The summed E-state index contributed by atoms with van der Waals surface area (Å²) in [5.74, 6) is 0. The first-order chi connectivity index (χ1) is 15.7. The van der Waals surface area contributed by atoms with Crippen molar-refractivity contribution < 1.29 is 0 Å². The highest BCUT2D eigenvalue weighted by atomic mass is 35.5. The van der Waals surface area contributed by atoms with Crippen LogP contribution in [0.1, 0.15) is 22.3 Å². The van der Waals surface area contributed by atoms with Crippen LogP contribution in [-0.2, 0) is 26.2 Å². The first kappa shape index (κ1) is 20.0. The van der Waals surface area contributed by atoms with E-state index in [2.05, 4.69) is 83.4 Å². The predicted molar refractivity (Wildman–Crippen MR) is 134 cm³/mol. The lowest BCUT2D eigenvalue weighted by atomic mass is 9.94. The van der Waals surface area contributed by atoms with Gasteiger partial charge in [0.2, 0.25) is 0 Å². The first-order valence-electron chi connectivity index (χ1n) is 10.9. The first-order valence-corrected chi connectivity index (χ1v) is 11.7. The summed E-state index contributed by atoms with van der Waals surface area (Å²) in [6.45, 7) is 3.68. The third kappa shape index (κ3) is 3.35. The molecule has 0 aromatic heterocycles. The average molecular weight is 457 g/mol. The molecule has 0 atom stereocenters. The monoisotopic (exact) mass is 456 g/mol. The second-order valence-electron chi connectivity index (χ2n) is 8.51. The zero-order valence-electron chi connectivity index (χ0n) is 17.5. The molecule has 2 N–H and O–H groups in total. The maximum absolute atomic E-state index is 6.99. The Morgan fingerprint density at radius 3 is 1.34 bits per heavy atom. The summed E-state index contributed by atoms with van der Waals surface area (Å²) in [5, 5.41) is 8.28. The largest absolute Gasteiger partial charge is 0.309 e. The van der Waals surface area contributed by atoms with Crippen LogP contribution in [0, 0.1) is 0 Å². The van der Waals surface area contributed by atoms with Crippen molar-refractivity contribution >= 4 is 23.2 Å². The Bertz CT molecular complexity index is 1250. The van der Waals surface area contributed by atoms with E-state index in [9.17, 15) is 0 Å². The quantitative estimate of drug-likeness (QED) is 0.340. The van der Waals surface area contributed by atoms with Crippen LogP contribution in [0.5, 0.6) is 0 Å². The smallest absolute Gasteiger partial charge is 0.0563 e. The lowest BCUT2D eigenvalue weighted by molar-refractivity contribution is 0.765. The fourth-order valence-corrected chi connectivity index (χ4v) is 5.52. The van der Waals surface area contributed by atoms with Crippen LogP contribution in [0.2, 0.25) is 10.0 Å². The molecule has 2 heterocycles. The predicted octanol–water partition coefficient (Wildman–Crippen LogP) is 7.20. The lowest BCUT2D eigenvalue weighted by Gasteiger charge is -2.15. The van der Waals surface area contributed by atoms with E-state index < -0.39 is 0 Å². The van der Waals surface area contributed by atoms with Crippen LogP contribution in [0.3, 0.4) is 0 Å². The lowest BCUT2D eigenvalue weighted by Crippen LogP contribution is -1.99. The average Bonchev–Trinajstić information content (AvgIpc) is 3.48. The van der Waals surface area contributed by atoms with Crippen molar-refractivity contribution in [3.63, 3.8) is 0 Å². The van der Waals surface area contributed by atoms with Crippen molar-refractivity contribution in [2.45, 2.75) is 26.2 Å². The van der Waals surface area contributed by atoms with Gasteiger partial charge in [0, 0.05) is 48.4 Å². The van der Waals surface area contributed by atoms with E-state index in [1.165, 1.54) is 22.3 Å². The molecule has 4 heteroatoms. The molecule has 32 heavy (non-hydrogen) atoms. The number of benzene rings is 4. The van der Waals surface area contributed by atoms with Crippen LogP contribution < -0.4 is 10.6 Å². The van der Waals surface area contributed by atoms with E-state index in [0.717, 1.165) is 69.6 Å². The SMILES string of the molecule is Clc1c(-c2ccc3c(c2)CNC3)cccc1-c1cccc(-c2ccc3c(c2)CNC3)c1Cl. The van der Waals surface area contributed by atoms with Gasteiger partial charge in [-0.05, 0) is 45.5 Å². The van der Waals surface area contributed by atoms with Crippen molar-refractivity contribution in [3.8, 4) is 33.4 Å². The van der Waals surface area contributed by atoms with Crippen LogP contribution in [0.4, 0.5) is 0 Å². The Labute approximate surface area is 198 Å². The Hall–Kier alpha value is -2.62. The molecule has 4 aromatic carbocycles. The highest BCUT2D eigenvalue weighted by Crippen LogP contribution is 2.43. The van der Waals surface area contributed by atoms with Crippen LogP contribution in [-0.4, -0.2) is 0 Å². The van der Waals surface area contributed by atoms with E-state index >= 15 is 0 Å². The number of nitrogens with one attached hydrogen (secondary N) is 2. The molecule has 2 aliphatic heterocycles. The Morgan fingerprint density at radius 2 is 0.875 bits per heavy atom. The molecular formula is C28H22Cl2N2. The molecule has 2 nitrogen and oxygen atoms in total. The highest BCUT2D eigenvalue weighted by molar-refractivity contribution is 6.39. The molecule has 0 amide bonds. The zero-order valence-corrected chi connectivity index (χ0v) is 19.0. The topological polar surface area (TPSA) is 24.1 Å². The summed E-state index contributed by atoms with van der Waals surface area (Å²) >= 11 is 14.0. The minimum Gasteiger partial charge on any atom is -0.309 e. The van der Waals surface area contributed by atoms with Gasteiger partial charge >= 0.3 is 0 Å². The maximum atomic E-state index is 6.99. The fourth-order valence-electron chi connectivity index (χ4n) is 4.85. The van der Waals surface area contributed by atoms with Gasteiger partial charge in [0.15, 0.2) is 0 Å². The number of fused-ring (bicyclic) bond motifs is 2. The summed E-state index contributed by atoms with van der Waals surface area (Å²) in [6.07, 6.45) is 0.